The number of rotatable bonds is 6. The molecule has 0 aromatic heterocycles. The molecule has 1 rings (SSSR count). The Balaban J connectivity index is 2.78. The van der Waals surface area contributed by atoms with E-state index >= 15 is 0 Å². The SMILES string of the molecule is CCS(=O)CCNc1c(F)cc([N+](=O)[O-])cc1F. The molecule has 8 heteroatoms. The van der Waals surface area contributed by atoms with Crippen LogP contribution in [0.25, 0.3) is 0 Å². The fourth-order valence-corrected chi connectivity index (χ4v) is 1.89. The van der Waals surface area contributed by atoms with Crippen LogP contribution in [0.15, 0.2) is 12.1 Å². The molecule has 1 aromatic rings. The molecule has 0 amide bonds. The number of nitro groups is 1. The number of nitrogens with zero attached hydrogens (tertiary/aromatic N) is 1. The normalized spacial score (nSPS) is 12.2. The van der Waals surface area contributed by atoms with Gasteiger partial charge in [0.25, 0.3) is 5.69 Å². The first-order valence-corrected chi connectivity index (χ1v) is 6.66. The summed E-state index contributed by atoms with van der Waals surface area (Å²) >= 11 is 0. The van der Waals surface area contributed by atoms with Crippen LogP contribution in [0.5, 0.6) is 0 Å². The maximum atomic E-state index is 13.4. The number of hydrogen-bond acceptors (Lipinski definition) is 4. The lowest BCUT2D eigenvalue weighted by atomic mass is 10.2. The van der Waals surface area contributed by atoms with Crippen molar-refractivity contribution in [3.05, 3.63) is 33.9 Å². The summed E-state index contributed by atoms with van der Waals surface area (Å²) < 4.78 is 37.9. The molecule has 1 unspecified atom stereocenters. The highest BCUT2D eigenvalue weighted by atomic mass is 32.2. The van der Waals surface area contributed by atoms with E-state index < -0.39 is 38.7 Å². The van der Waals surface area contributed by atoms with Crippen molar-refractivity contribution in [1.29, 1.82) is 0 Å². The van der Waals surface area contributed by atoms with E-state index in [9.17, 15) is 23.1 Å². The van der Waals surface area contributed by atoms with Crippen LogP contribution in [0.1, 0.15) is 6.92 Å². The zero-order valence-electron chi connectivity index (χ0n) is 9.61. The molecule has 1 atom stereocenters. The number of halogens is 2. The average Bonchev–Trinajstić information content (AvgIpc) is 2.31. The van der Waals surface area contributed by atoms with Gasteiger partial charge in [-0.1, -0.05) is 6.92 Å². The largest absolute Gasteiger partial charge is 0.379 e. The summed E-state index contributed by atoms with van der Waals surface area (Å²) in [6.45, 7) is 1.87. The molecule has 0 fully saturated rings. The first kappa shape index (κ1) is 14.5. The highest BCUT2D eigenvalue weighted by molar-refractivity contribution is 7.84. The number of non-ortho nitro benzene ring substituents is 1. The van der Waals surface area contributed by atoms with Gasteiger partial charge < -0.3 is 5.32 Å². The van der Waals surface area contributed by atoms with Crippen molar-refractivity contribution in [3.63, 3.8) is 0 Å². The summed E-state index contributed by atoms with van der Waals surface area (Å²) in [4.78, 5) is 9.50. The Bertz CT molecular complexity index is 459. The van der Waals surface area contributed by atoms with Crippen molar-refractivity contribution in [2.75, 3.05) is 23.4 Å². The van der Waals surface area contributed by atoms with E-state index in [1.165, 1.54) is 0 Å². The predicted molar refractivity (Wildman–Crippen MR) is 65.1 cm³/mol. The third-order valence-electron chi connectivity index (χ3n) is 2.19. The molecule has 0 aliphatic heterocycles. The van der Waals surface area contributed by atoms with E-state index in [1.807, 2.05) is 0 Å². The maximum absolute atomic E-state index is 13.4. The van der Waals surface area contributed by atoms with Gasteiger partial charge in [0.1, 0.15) is 5.69 Å². The molecule has 0 saturated heterocycles. The smallest absolute Gasteiger partial charge is 0.275 e. The minimum absolute atomic E-state index is 0.131. The summed E-state index contributed by atoms with van der Waals surface area (Å²) in [7, 11) is -1.04. The van der Waals surface area contributed by atoms with E-state index in [1.54, 1.807) is 6.92 Å². The second kappa shape index (κ2) is 6.39. The van der Waals surface area contributed by atoms with Crippen LogP contribution in [-0.4, -0.2) is 27.2 Å². The molecule has 1 N–H and O–H groups in total. The third kappa shape index (κ3) is 3.73. The van der Waals surface area contributed by atoms with Gasteiger partial charge in [-0.2, -0.15) is 0 Å². The minimum Gasteiger partial charge on any atom is -0.379 e. The molecule has 0 heterocycles. The summed E-state index contributed by atoms with van der Waals surface area (Å²) in [5.41, 5.74) is -1.08. The Hall–Kier alpha value is -1.57. The van der Waals surface area contributed by atoms with E-state index in [0.717, 1.165) is 0 Å². The molecular weight excluding hydrogens is 266 g/mol. The van der Waals surface area contributed by atoms with Gasteiger partial charge in [-0.15, -0.1) is 0 Å². The third-order valence-corrected chi connectivity index (χ3v) is 3.49. The number of anilines is 1. The van der Waals surface area contributed by atoms with Crippen molar-refractivity contribution >= 4 is 22.2 Å². The van der Waals surface area contributed by atoms with Crippen molar-refractivity contribution in [2.45, 2.75) is 6.92 Å². The van der Waals surface area contributed by atoms with Crippen LogP contribution >= 0.6 is 0 Å². The quantitative estimate of drug-likeness (QED) is 0.638. The molecule has 100 valence electrons. The Morgan fingerprint density at radius 2 is 1.94 bits per heavy atom. The van der Waals surface area contributed by atoms with Crippen molar-refractivity contribution in [2.24, 2.45) is 0 Å². The standard InChI is InChI=1S/C10H12F2N2O3S/c1-2-18(17)4-3-13-10-8(11)5-7(14(15)16)6-9(10)12/h5-6,13H,2-4H2,1H3. The van der Waals surface area contributed by atoms with E-state index in [0.29, 0.717) is 17.9 Å². The maximum Gasteiger partial charge on any atom is 0.275 e. The lowest BCUT2D eigenvalue weighted by Crippen LogP contribution is -2.14. The molecule has 0 aliphatic rings. The zero-order chi connectivity index (χ0) is 13.7. The van der Waals surface area contributed by atoms with Crippen molar-refractivity contribution < 1.29 is 17.9 Å². The zero-order valence-corrected chi connectivity index (χ0v) is 10.4. The number of benzene rings is 1. The average molecular weight is 278 g/mol. The van der Waals surface area contributed by atoms with E-state index in [-0.39, 0.29) is 12.3 Å². The molecule has 1 aromatic carbocycles. The Morgan fingerprint density at radius 1 is 1.39 bits per heavy atom. The van der Waals surface area contributed by atoms with Crippen LogP contribution in [0.3, 0.4) is 0 Å². The topological polar surface area (TPSA) is 72.2 Å². The molecule has 0 radical (unpaired) electrons. The lowest BCUT2D eigenvalue weighted by molar-refractivity contribution is -0.385. The van der Waals surface area contributed by atoms with Crippen LogP contribution in [0.4, 0.5) is 20.2 Å². The highest BCUT2D eigenvalue weighted by Gasteiger charge is 2.16. The first-order chi connectivity index (χ1) is 8.45. The summed E-state index contributed by atoms with van der Waals surface area (Å²) in [5.74, 6) is -1.35. The van der Waals surface area contributed by atoms with E-state index in [4.69, 9.17) is 0 Å². The van der Waals surface area contributed by atoms with Gasteiger partial charge in [-0.25, -0.2) is 8.78 Å². The predicted octanol–water partition coefficient (Wildman–Crippen LogP) is 2.05. The second-order valence-corrected chi connectivity index (χ2v) is 5.27. The second-order valence-electron chi connectivity index (χ2n) is 3.40. The Morgan fingerprint density at radius 3 is 2.39 bits per heavy atom. The van der Waals surface area contributed by atoms with Gasteiger partial charge in [0.2, 0.25) is 0 Å². The first-order valence-electron chi connectivity index (χ1n) is 5.18. The molecule has 5 nitrogen and oxygen atoms in total. The van der Waals surface area contributed by atoms with Gasteiger partial charge in [0, 0.05) is 28.9 Å². The van der Waals surface area contributed by atoms with Gasteiger partial charge in [-0.05, 0) is 0 Å². The van der Waals surface area contributed by atoms with Crippen molar-refractivity contribution in [3.8, 4) is 0 Å². The molecular formula is C10H12F2N2O3S. The van der Waals surface area contributed by atoms with Crippen molar-refractivity contribution in [1.82, 2.24) is 0 Å². The Kier molecular flexibility index (Phi) is 5.14. The molecule has 0 spiro atoms. The van der Waals surface area contributed by atoms with Crippen LogP contribution in [0.2, 0.25) is 0 Å². The van der Waals surface area contributed by atoms with Crippen LogP contribution < -0.4 is 5.32 Å². The summed E-state index contributed by atoms with van der Waals surface area (Å²) in [5, 5.41) is 12.8. The molecule has 0 saturated carbocycles. The fourth-order valence-electron chi connectivity index (χ4n) is 1.27. The van der Waals surface area contributed by atoms with Gasteiger partial charge in [-0.3, -0.25) is 14.3 Å². The number of hydrogen-bond donors (Lipinski definition) is 1. The van der Waals surface area contributed by atoms with E-state index in [2.05, 4.69) is 5.32 Å². The molecule has 0 bridgehead atoms. The van der Waals surface area contributed by atoms with Gasteiger partial charge in [0.05, 0.1) is 17.1 Å². The molecule has 18 heavy (non-hydrogen) atoms. The molecule has 0 aliphatic carbocycles. The summed E-state index contributed by atoms with van der Waals surface area (Å²) in [6.07, 6.45) is 0. The van der Waals surface area contributed by atoms with Crippen LogP contribution in [0, 0.1) is 21.7 Å². The van der Waals surface area contributed by atoms with Gasteiger partial charge in [0.15, 0.2) is 11.6 Å². The summed E-state index contributed by atoms with van der Waals surface area (Å²) in [6, 6.07) is 1.28. The number of nitrogens with one attached hydrogen (secondary N) is 1. The number of nitro benzene ring substituents is 1. The Labute approximate surface area is 105 Å². The highest BCUT2D eigenvalue weighted by Crippen LogP contribution is 2.24. The lowest BCUT2D eigenvalue weighted by Gasteiger charge is -2.08. The fraction of sp³-hybridized carbons (Fsp3) is 0.400. The van der Waals surface area contributed by atoms with Crippen LogP contribution in [-0.2, 0) is 10.8 Å². The van der Waals surface area contributed by atoms with Gasteiger partial charge >= 0.3 is 0 Å². The monoisotopic (exact) mass is 278 g/mol. The minimum atomic E-state index is -1.04.